The molecule has 1 aliphatic heterocycles. The molecule has 1 aromatic carbocycles. The van der Waals surface area contributed by atoms with Crippen LogP contribution in [0.25, 0.3) is 5.69 Å². The van der Waals surface area contributed by atoms with Crippen LogP contribution in [-0.2, 0) is 6.18 Å². The van der Waals surface area contributed by atoms with Crippen LogP contribution in [-0.4, -0.2) is 56.6 Å². The Kier molecular flexibility index (Phi) is 5.41. The molecular weight excluding hydrogens is 451 g/mol. The molecule has 1 saturated heterocycles. The van der Waals surface area contributed by atoms with E-state index < -0.39 is 17.3 Å². The molecule has 178 valence electrons. The van der Waals surface area contributed by atoms with Gasteiger partial charge in [-0.3, -0.25) is 4.79 Å². The van der Waals surface area contributed by atoms with Crippen molar-refractivity contribution in [2.45, 2.75) is 31.0 Å². The van der Waals surface area contributed by atoms with Gasteiger partial charge in [0.1, 0.15) is 23.6 Å². The second-order valence-corrected chi connectivity index (χ2v) is 8.59. The average Bonchev–Trinajstić information content (AvgIpc) is 3.58. The molecule has 5 rings (SSSR count). The van der Waals surface area contributed by atoms with Crippen LogP contribution < -0.4 is 9.47 Å². The van der Waals surface area contributed by atoms with Gasteiger partial charge in [0.05, 0.1) is 30.6 Å². The molecule has 3 heterocycles. The molecule has 1 amide bonds. The molecule has 1 aliphatic carbocycles. The van der Waals surface area contributed by atoms with Crippen LogP contribution in [0.5, 0.6) is 11.6 Å². The molecule has 0 radical (unpaired) electrons. The fourth-order valence-electron chi connectivity index (χ4n) is 4.96. The Balaban J connectivity index is 1.42. The highest BCUT2D eigenvalue weighted by Gasteiger charge is 2.54. The third-order valence-corrected chi connectivity index (χ3v) is 6.57. The van der Waals surface area contributed by atoms with Crippen molar-refractivity contribution in [2.75, 3.05) is 20.3 Å². The van der Waals surface area contributed by atoms with Crippen LogP contribution in [0.4, 0.5) is 13.2 Å². The van der Waals surface area contributed by atoms with Crippen LogP contribution in [0.2, 0.25) is 0 Å². The average molecular weight is 473 g/mol. The summed E-state index contributed by atoms with van der Waals surface area (Å²) in [5.41, 5.74) is -0.576. The van der Waals surface area contributed by atoms with Crippen LogP contribution >= 0.6 is 0 Å². The maximum absolute atomic E-state index is 13.9. The number of rotatable bonds is 6. The van der Waals surface area contributed by atoms with Crippen molar-refractivity contribution in [1.29, 1.82) is 0 Å². The molecular formula is C23H22F3N5O3. The number of aromatic nitrogens is 4. The van der Waals surface area contributed by atoms with Crippen molar-refractivity contribution < 1.29 is 27.4 Å². The smallest absolute Gasteiger partial charge is 0.417 e. The monoisotopic (exact) mass is 473 g/mol. The van der Waals surface area contributed by atoms with E-state index in [1.165, 1.54) is 30.4 Å². The minimum Gasteiger partial charge on any atom is -0.496 e. The third-order valence-electron chi connectivity index (χ3n) is 6.57. The number of nitrogens with zero attached hydrogens (tertiary/aromatic N) is 5. The predicted molar refractivity (Wildman–Crippen MR) is 114 cm³/mol. The maximum atomic E-state index is 13.9. The third kappa shape index (κ3) is 3.84. The van der Waals surface area contributed by atoms with Gasteiger partial charge in [0.2, 0.25) is 5.88 Å². The molecule has 2 bridgehead atoms. The van der Waals surface area contributed by atoms with E-state index in [0.29, 0.717) is 29.5 Å². The summed E-state index contributed by atoms with van der Waals surface area (Å²) in [7, 11) is 1.50. The number of hydrogen-bond donors (Lipinski definition) is 0. The topological polar surface area (TPSA) is 82.4 Å². The first-order chi connectivity index (χ1) is 16.3. The number of hydrogen-bond acceptors (Lipinski definition) is 6. The van der Waals surface area contributed by atoms with E-state index in [1.807, 2.05) is 0 Å². The van der Waals surface area contributed by atoms with Gasteiger partial charge in [-0.25, -0.2) is 4.98 Å². The fraction of sp³-hybridized carbons (Fsp3) is 0.391. The zero-order chi connectivity index (χ0) is 23.9. The van der Waals surface area contributed by atoms with Gasteiger partial charge in [-0.2, -0.15) is 28.2 Å². The van der Waals surface area contributed by atoms with E-state index in [-0.39, 0.29) is 18.4 Å². The number of pyridine rings is 1. The van der Waals surface area contributed by atoms with Crippen LogP contribution in [0.1, 0.15) is 35.2 Å². The lowest BCUT2D eigenvalue weighted by Gasteiger charge is -2.39. The summed E-state index contributed by atoms with van der Waals surface area (Å²) in [6.45, 7) is 0.699. The van der Waals surface area contributed by atoms with Gasteiger partial charge in [-0.15, -0.1) is 0 Å². The first kappa shape index (κ1) is 22.2. The van der Waals surface area contributed by atoms with Gasteiger partial charge in [0.15, 0.2) is 0 Å². The lowest BCUT2D eigenvalue weighted by atomic mass is 9.96. The van der Waals surface area contributed by atoms with Crippen LogP contribution in [0, 0.1) is 5.92 Å². The lowest BCUT2D eigenvalue weighted by molar-refractivity contribution is -0.137. The summed E-state index contributed by atoms with van der Waals surface area (Å²) in [6, 6.07) is 7.37. The molecule has 1 saturated carbocycles. The summed E-state index contributed by atoms with van der Waals surface area (Å²) in [5, 5.41) is 8.33. The lowest BCUT2D eigenvalue weighted by Crippen LogP contribution is -2.52. The Hall–Kier alpha value is -3.63. The second kappa shape index (κ2) is 8.30. The van der Waals surface area contributed by atoms with Crippen molar-refractivity contribution >= 4 is 5.91 Å². The highest BCUT2D eigenvalue weighted by molar-refractivity contribution is 6.01. The highest BCUT2D eigenvalue weighted by atomic mass is 19.4. The number of carbonyl (C=O) groups is 1. The van der Waals surface area contributed by atoms with Crippen LogP contribution in [0.3, 0.4) is 0 Å². The van der Waals surface area contributed by atoms with Gasteiger partial charge >= 0.3 is 6.18 Å². The van der Waals surface area contributed by atoms with Crippen molar-refractivity contribution in [3.05, 3.63) is 60.0 Å². The van der Waals surface area contributed by atoms with Crippen molar-refractivity contribution in [3.63, 3.8) is 0 Å². The Morgan fingerprint density at radius 1 is 1.21 bits per heavy atom. The van der Waals surface area contributed by atoms with Gasteiger partial charge in [0.25, 0.3) is 5.91 Å². The quantitative estimate of drug-likeness (QED) is 0.542. The van der Waals surface area contributed by atoms with Gasteiger partial charge in [0, 0.05) is 18.8 Å². The second-order valence-electron chi connectivity index (χ2n) is 8.59. The van der Waals surface area contributed by atoms with E-state index in [2.05, 4.69) is 15.2 Å². The van der Waals surface area contributed by atoms with E-state index in [0.717, 1.165) is 31.5 Å². The fourth-order valence-corrected chi connectivity index (χ4v) is 4.96. The molecule has 2 aliphatic rings. The first-order valence-corrected chi connectivity index (χ1v) is 10.8. The Morgan fingerprint density at radius 3 is 2.65 bits per heavy atom. The molecule has 2 atom stereocenters. The zero-order valence-electron chi connectivity index (χ0n) is 18.3. The van der Waals surface area contributed by atoms with Crippen molar-refractivity contribution in [2.24, 2.45) is 5.92 Å². The summed E-state index contributed by atoms with van der Waals surface area (Å²) in [4.78, 5) is 20.9. The van der Waals surface area contributed by atoms with Crippen molar-refractivity contribution in [1.82, 2.24) is 24.9 Å². The Labute approximate surface area is 193 Å². The van der Waals surface area contributed by atoms with Crippen molar-refractivity contribution in [3.8, 4) is 17.3 Å². The molecule has 8 nitrogen and oxygen atoms in total. The number of likely N-dealkylation sites (tertiary alicyclic amines) is 1. The molecule has 34 heavy (non-hydrogen) atoms. The van der Waals surface area contributed by atoms with Gasteiger partial charge in [-0.1, -0.05) is 6.07 Å². The van der Waals surface area contributed by atoms with E-state index >= 15 is 0 Å². The number of alkyl halides is 3. The largest absolute Gasteiger partial charge is 0.496 e. The number of ether oxygens (including phenoxy) is 2. The number of piperidine rings is 1. The Bertz CT molecular complexity index is 1180. The van der Waals surface area contributed by atoms with E-state index in [4.69, 9.17) is 9.47 Å². The minimum atomic E-state index is -4.46. The Morgan fingerprint density at radius 2 is 2.00 bits per heavy atom. The number of carbonyl (C=O) groups excluding carboxylic acids is 1. The minimum absolute atomic E-state index is 0.0869. The maximum Gasteiger partial charge on any atom is 0.417 e. The number of benzene rings is 1. The van der Waals surface area contributed by atoms with Gasteiger partial charge < -0.3 is 14.4 Å². The van der Waals surface area contributed by atoms with Gasteiger partial charge in [-0.05, 0) is 43.4 Å². The predicted octanol–water partition coefficient (Wildman–Crippen LogP) is 3.76. The molecule has 11 heteroatoms. The first-order valence-electron chi connectivity index (χ1n) is 10.8. The summed E-state index contributed by atoms with van der Waals surface area (Å²) < 4.78 is 49.8. The van der Waals surface area contributed by atoms with E-state index in [9.17, 15) is 18.0 Å². The molecule has 2 fully saturated rings. The summed E-state index contributed by atoms with van der Waals surface area (Å²) in [5.74, 6) is 0.594. The summed E-state index contributed by atoms with van der Waals surface area (Å²) in [6.07, 6.45) is 1.77. The molecule has 0 spiro atoms. The number of halogens is 3. The van der Waals surface area contributed by atoms with E-state index in [1.54, 1.807) is 23.1 Å². The zero-order valence-corrected chi connectivity index (χ0v) is 18.3. The molecule has 2 unspecified atom stereocenters. The summed E-state index contributed by atoms with van der Waals surface area (Å²) >= 11 is 0. The molecule has 0 N–H and O–H groups in total. The number of fused-ring (bicyclic) bond motifs is 2. The molecule has 3 aromatic rings. The highest BCUT2D eigenvalue weighted by Crippen LogP contribution is 2.48. The SMILES string of the molecule is COc1cccc(-n2nccn2)c1C(=O)N1CC2CCC1(COc1ccc(C(F)(F)F)cn1)C2. The normalized spacial score (nSPS) is 21.6. The standard InChI is InChI=1S/C23H22F3N5O3/c1-33-18-4-2-3-17(31-28-9-10-29-31)20(18)21(32)30-13-15-7-8-22(30,11-15)14-34-19-6-5-16(12-27-19)23(24,25)26/h2-6,9-10,12,15H,7-8,11,13-14H2,1H3. The number of amides is 1. The number of methoxy groups -OCH3 is 1. The molecule has 2 aromatic heterocycles. The van der Waals surface area contributed by atoms with Crippen LogP contribution in [0.15, 0.2) is 48.9 Å².